The Labute approximate surface area is 182 Å². The van der Waals surface area contributed by atoms with Gasteiger partial charge >= 0.3 is 11.1 Å². The summed E-state index contributed by atoms with van der Waals surface area (Å²) in [5, 5.41) is 2.04. The molecule has 0 aliphatic heterocycles. The lowest BCUT2D eigenvalue weighted by molar-refractivity contribution is 0.600. The smallest absolute Gasteiger partial charge is 0.314 e. The third kappa shape index (κ3) is 3.82. The lowest BCUT2D eigenvalue weighted by Gasteiger charge is -2.15. The summed E-state index contributed by atoms with van der Waals surface area (Å²) in [5.41, 5.74) is 4.13. The van der Waals surface area contributed by atoms with Crippen molar-refractivity contribution in [2.75, 3.05) is 4.72 Å². The summed E-state index contributed by atoms with van der Waals surface area (Å²) in [7, 11) is -3.93. The Morgan fingerprint density at radius 3 is 1.94 bits per heavy atom. The fraction of sp³-hybridized carbons (Fsp3) is 0.182. The molecule has 0 fully saturated rings. The number of rotatable bonds is 4. The molecule has 0 atom stereocenters. The molecule has 2 heterocycles. The Morgan fingerprint density at radius 1 is 0.806 bits per heavy atom. The van der Waals surface area contributed by atoms with E-state index in [-0.39, 0.29) is 10.4 Å². The van der Waals surface area contributed by atoms with E-state index in [2.05, 4.69) is 27.7 Å². The highest BCUT2D eigenvalue weighted by Crippen LogP contribution is 2.36. The number of hydrogen-bond donors (Lipinski definition) is 3. The quantitative estimate of drug-likeness (QED) is 0.404. The Bertz CT molecular complexity index is 1540. The second kappa shape index (κ2) is 7.51. The first-order chi connectivity index (χ1) is 14.6. The van der Waals surface area contributed by atoms with E-state index in [1.165, 1.54) is 22.6 Å². The molecule has 7 nitrogen and oxygen atoms in total. The Morgan fingerprint density at radius 2 is 1.39 bits per heavy atom. The van der Waals surface area contributed by atoms with Crippen LogP contribution in [0.25, 0.3) is 21.5 Å². The van der Waals surface area contributed by atoms with Gasteiger partial charge in [0.15, 0.2) is 0 Å². The van der Waals surface area contributed by atoms with Gasteiger partial charge in [-0.3, -0.25) is 14.3 Å². The zero-order chi connectivity index (χ0) is 22.5. The van der Waals surface area contributed by atoms with Crippen LogP contribution in [-0.4, -0.2) is 18.4 Å². The van der Waals surface area contributed by atoms with Crippen LogP contribution in [0.5, 0.6) is 0 Å². The predicted molar refractivity (Wildman–Crippen MR) is 125 cm³/mol. The molecular formula is C22H21N3O4S2. The Balaban J connectivity index is 1.77. The Kier molecular flexibility index (Phi) is 5.10. The lowest BCUT2D eigenvalue weighted by Crippen LogP contribution is -2.29. The summed E-state index contributed by atoms with van der Waals surface area (Å²) in [5.74, 6) is 0. The van der Waals surface area contributed by atoms with Crippen molar-refractivity contribution >= 4 is 38.1 Å². The maximum atomic E-state index is 13.1. The topological polar surface area (TPSA) is 112 Å². The first-order valence-corrected chi connectivity index (χ1v) is 11.9. The second-order valence-electron chi connectivity index (χ2n) is 7.59. The molecule has 0 saturated heterocycles. The second-order valence-corrected chi connectivity index (χ2v) is 10.2. The van der Waals surface area contributed by atoms with Crippen molar-refractivity contribution in [2.45, 2.75) is 32.6 Å². The lowest BCUT2D eigenvalue weighted by atomic mass is 9.99. The highest BCUT2D eigenvalue weighted by molar-refractivity contribution is 7.92. The highest BCUT2D eigenvalue weighted by atomic mass is 32.2. The number of benzene rings is 2. The van der Waals surface area contributed by atoms with Gasteiger partial charge in [-0.15, -0.1) is 11.3 Å². The molecule has 0 amide bonds. The molecule has 0 saturated carbocycles. The molecule has 3 N–H and O–H groups in total. The molecular weight excluding hydrogens is 434 g/mol. The number of aromatic amines is 2. The minimum absolute atomic E-state index is 0.0242. The number of aromatic nitrogens is 2. The number of thiophene rings is 1. The number of hydrogen-bond acceptors (Lipinski definition) is 5. The maximum Gasteiger partial charge on any atom is 0.314 e. The van der Waals surface area contributed by atoms with E-state index in [9.17, 15) is 18.0 Å². The normalized spacial score (nSPS) is 11.7. The Hall–Kier alpha value is -3.17. The monoisotopic (exact) mass is 455 g/mol. The molecule has 0 aliphatic carbocycles. The average molecular weight is 456 g/mol. The van der Waals surface area contributed by atoms with E-state index in [1.807, 2.05) is 31.4 Å². The fourth-order valence-corrected chi connectivity index (χ4v) is 6.16. The van der Waals surface area contributed by atoms with Crippen molar-refractivity contribution in [3.05, 3.63) is 78.7 Å². The zero-order valence-electron chi connectivity index (χ0n) is 17.4. The number of nitrogens with one attached hydrogen (secondary N) is 3. The molecule has 0 unspecified atom stereocenters. The maximum absolute atomic E-state index is 13.1. The standard InChI is InChI=1S/C22H21N3O4S2/c1-11-5-6-30-20(11)19-13(3)7-15(8-14(19)4)25-31(28,29)18-10-17-16(9-12(18)2)23-21(26)22(27)24-17/h5-10,25H,1-4H3,(H,23,26)(H,24,27). The van der Waals surface area contributed by atoms with Crippen LogP contribution >= 0.6 is 11.3 Å². The van der Waals surface area contributed by atoms with Crippen molar-refractivity contribution < 1.29 is 8.42 Å². The molecule has 2 aromatic heterocycles. The van der Waals surface area contributed by atoms with Crippen molar-refractivity contribution in [1.29, 1.82) is 0 Å². The first kappa shape index (κ1) is 21.1. The van der Waals surface area contributed by atoms with E-state index in [4.69, 9.17) is 0 Å². The third-order valence-electron chi connectivity index (χ3n) is 5.18. The summed E-state index contributed by atoms with van der Waals surface area (Å²) in [6.45, 7) is 7.61. The molecule has 4 rings (SSSR count). The summed E-state index contributed by atoms with van der Waals surface area (Å²) in [4.78, 5) is 29.2. The van der Waals surface area contributed by atoms with Crippen LogP contribution in [0.4, 0.5) is 5.69 Å². The van der Waals surface area contributed by atoms with Crippen LogP contribution in [0, 0.1) is 27.7 Å². The zero-order valence-corrected chi connectivity index (χ0v) is 19.0. The average Bonchev–Trinajstić information content (AvgIpc) is 3.07. The van der Waals surface area contributed by atoms with Crippen LogP contribution in [0.15, 0.2) is 50.2 Å². The van der Waals surface area contributed by atoms with Crippen LogP contribution < -0.4 is 15.8 Å². The van der Waals surface area contributed by atoms with Gasteiger partial charge in [0.1, 0.15) is 0 Å². The molecule has 0 aliphatic rings. The van der Waals surface area contributed by atoms with Crippen LogP contribution in [0.3, 0.4) is 0 Å². The van der Waals surface area contributed by atoms with Crippen LogP contribution in [0.1, 0.15) is 22.3 Å². The highest BCUT2D eigenvalue weighted by Gasteiger charge is 2.20. The van der Waals surface area contributed by atoms with Gasteiger partial charge in [-0.25, -0.2) is 8.42 Å². The minimum Gasteiger partial charge on any atom is -0.316 e. The number of sulfonamides is 1. The molecule has 0 radical (unpaired) electrons. The van der Waals surface area contributed by atoms with E-state index in [0.717, 1.165) is 16.7 Å². The summed E-state index contributed by atoms with van der Waals surface area (Å²) < 4.78 is 28.9. The third-order valence-corrected chi connectivity index (χ3v) is 7.74. The molecule has 0 spiro atoms. The minimum atomic E-state index is -3.93. The van der Waals surface area contributed by atoms with Crippen molar-refractivity contribution in [1.82, 2.24) is 9.97 Å². The van der Waals surface area contributed by atoms with Crippen molar-refractivity contribution in [3.8, 4) is 10.4 Å². The fourth-order valence-electron chi connectivity index (χ4n) is 3.76. The van der Waals surface area contributed by atoms with Gasteiger partial charge in [0.05, 0.1) is 15.9 Å². The van der Waals surface area contributed by atoms with Gasteiger partial charge in [0.2, 0.25) is 0 Å². The molecule has 9 heteroatoms. The van der Waals surface area contributed by atoms with Crippen molar-refractivity contribution in [2.24, 2.45) is 0 Å². The van der Waals surface area contributed by atoms with E-state index >= 15 is 0 Å². The molecule has 31 heavy (non-hydrogen) atoms. The predicted octanol–water partition coefficient (Wildman–Crippen LogP) is 3.98. The van der Waals surface area contributed by atoms with E-state index < -0.39 is 21.1 Å². The first-order valence-electron chi connectivity index (χ1n) is 9.52. The molecule has 0 bridgehead atoms. The van der Waals surface area contributed by atoms with Gasteiger partial charge in [-0.2, -0.15) is 0 Å². The summed E-state index contributed by atoms with van der Waals surface area (Å²) >= 11 is 1.66. The SMILES string of the molecule is Cc1cc2[nH]c(=O)c(=O)[nH]c2cc1S(=O)(=O)Nc1cc(C)c(-c2sccc2C)c(C)c1. The number of anilines is 1. The molecule has 2 aromatic carbocycles. The largest absolute Gasteiger partial charge is 0.316 e. The van der Waals surface area contributed by atoms with Crippen LogP contribution in [-0.2, 0) is 10.0 Å². The number of fused-ring (bicyclic) bond motifs is 1. The molecule has 160 valence electrons. The summed E-state index contributed by atoms with van der Waals surface area (Å²) in [6.07, 6.45) is 0. The van der Waals surface area contributed by atoms with Gasteiger partial charge < -0.3 is 9.97 Å². The van der Waals surface area contributed by atoms with Gasteiger partial charge in [-0.1, -0.05) is 0 Å². The van der Waals surface area contributed by atoms with Crippen molar-refractivity contribution in [3.63, 3.8) is 0 Å². The van der Waals surface area contributed by atoms with Gasteiger partial charge in [0, 0.05) is 10.6 Å². The molecule has 4 aromatic rings. The number of aryl methyl sites for hydroxylation is 4. The van der Waals surface area contributed by atoms with E-state index in [1.54, 1.807) is 18.3 Å². The van der Waals surface area contributed by atoms with E-state index in [0.29, 0.717) is 16.8 Å². The number of H-pyrrole nitrogens is 2. The van der Waals surface area contributed by atoms with Gasteiger partial charge in [-0.05, 0) is 91.2 Å². The van der Waals surface area contributed by atoms with Gasteiger partial charge in [0.25, 0.3) is 10.0 Å². The summed E-state index contributed by atoms with van der Waals surface area (Å²) in [6, 6.07) is 8.58. The van der Waals surface area contributed by atoms with Crippen LogP contribution in [0.2, 0.25) is 0 Å².